The number of alkyl halides is 3. The normalized spacial score (nSPS) is 12.7. The summed E-state index contributed by atoms with van der Waals surface area (Å²) in [5, 5.41) is 4.15. The highest BCUT2D eigenvalue weighted by Crippen LogP contribution is 2.35. The standard InChI is InChI=1S/C14H16F3N3O2S/c1-7-6-10(14(15,16)17)9(3)18-11(7)12-8(2)13(20(4)19-12)23(5,21)22/h6H,1-5H3. The maximum absolute atomic E-state index is 12.9. The molecule has 0 unspecified atom stereocenters. The fraction of sp³-hybridized carbons (Fsp3) is 0.429. The predicted molar refractivity (Wildman–Crippen MR) is 78.8 cm³/mol. The van der Waals surface area contributed by atoms with Gasteiger partial charge in [0.15, 0.2) is 14.9 Å². The molecule has 5 nitrogen and oxygen atoms in total. The number of aryl methyl sites for hydroxylation is 3. The Morgan fingerprint density at radius 3 is 2.13 bits per heavy atom. The van der Waals surface area contributed by atoms with E-state index in [-0.39, 0.29) is 27.7 Å². The van der Waals surface area contributed by atoms with Crippen LogP contribution < -0.4 is 0 Å². The lowest BCUT2D eigenvalue weighted by molar-refractivity contribution is -0.138. The number of halogens is 3. The molecule has 0 aliphatic carbocycles. The number of aromatic nitrogens is 3. The number of hydrogen-bond acceptors (Lipinski definition) is 4. The van der Waals surface area contributed by atoms with E-state index in [1.165, 1.54) is 25.6 Å². The fourth-order valence-corrected chi connectivity index (χ4v) is 3.76. The van der Waals surface area contributed by atoms with Gasteiger partial charge in [0, 0.05) is 18.9 Å². The van der Waals surface area contributed by atoms with Crippen molar-refractivity contribution in [3.63, 3.8) is 0 Å². The molecular formula is C14H16F3N3O2S. The highest BCUT2D eigenvalue weighted by Gasteiger charge is 2.34. The van der Waals surface area contributed by atoms with E-state index in [1.807, 2.05) is 0 Å². The molecule has 0 N–H and O–H groups in total. The Kier molecular flexibility index (Phi) is 4.04. The molecule has 0 amide bonds. The van der Waals surface area contributed by atoms with Crippen LogP contribution in [-0.2, 0) is 23.1 Å². The van der Waals surface area contributed by atoms with Crippen molar-refractivity contribution in [3.8, 4) is 11.4 Å². The van der Waals surface area contributed by atoms with E-state index in [4.69, 9.17) is 0 Å². The fourth-order valence-electron chi connectivity index (χ4n) is 2.59. The Bertz CT molecular complexity index is 884. The van der Waals surface area contributed by atoms with Crippen LogP contribution in [0, 0.1) is 20.8 Å². The maximum atomic E-state index is 12.9. The van der Waals surface area contributed by atoms with Crippen molar-refractivity contribution in [3.05, 3.63) is 28.5 Å². The van der Waals surface area contributed by atoms with Crippen molar-refractivity contribution < 1.29 is 21.6 Å². The van der Waals surface area contributed by atoms with E-state index in [2.05, 4.69) is 10.1 Å². The summed E-state index contributed by atoms with van der Waals surface area (Å²) in [6.45, 7) is 4.32. The topological polar surface area (TPSA) is 64.8 Å². The molecule has 0 aromatic carbocycles. The molecule has 0 radical (unpaired) electrons. The van der Waals surface area contributed by atoms with Crippen molar-refractivity contribution in [2.75, 3.05) is 6.26 Å². The number of pyridine rings is 1. The van der Waals surface area contributed by atoms with Crippen molar-refractivity contribution in [1.29, 1.82) is 0 Å². The molecule has 126 valence electrons. The molecule has 2 heterocycles. The SMILES string of the molecule is Cc1cc(C(F)(F)F)c(C)nc1-c1nn(C)c(S(C)(=O)=O)c1C. The number of nitrogens with zero attached hydrogens (tertiary/aromatic N) is 3. The second-order valence-electron chi connectivity index (χ2n) is 5.46. The molecule has 0 bridgehead atoms. The number of rotatable bonds is 2. The average Bonchev–Trinajstić information content (AvgIpc) is 2.65. The molecule has 0 fully saturated rings. The zero-order valence-electron chi connectivity index (χ0n) is 13.3. The zero-order valence-corrected chi connectivity index (χ0v) is 14.1. The van der Waals surface area contributed by atoms with Crippen LogP contribution in [0.5, 0.6) is 0 Å². The quantitative estimate of drug-likeness (QED) is 0.838. The van der Waals surface area contributed by atoms with Gasteiger partial charge in [0.2, 0.25) is 0 Å². The maximum Gasteiger partial charge on any atom is 0.418 e. The van der Waals surface area contributed by atoms with Crippen LogP contribution in [0.1, 0.15) is 22.4 Å². The first-order chi connectivity index (χ1) is 10.3. The smallest absolute Gasteiger partial charge is 0.256 e. The third-order valence-corrected chi connectivity index (χ3v) is 4.78. The largest absolute Gasteiger partial charge is 0.418 e. The van der Waals surface area contributed by atoms with E-state index in [1.54, 1.807) is 6.92 Å². The third kappa shape index (κ3) is 3.10. The Hall–Kier alpha value is -1.90. The van der Waals surface area contributed by atoms with E-state index < -0.39 is 21.6 Å². The van der Waals surface area contributed by atoms with Crippen molar-refractivity contribution >= 4 is 9.84 Å². The first-order valence-electron chi connectivity index (χ1n) is 6.63. The van der Waals surface area contributed by atoms with Gasteiger partial charge in [-0.05, 0) is 32.4 Å². The minimum atomic E-state index is -4.49. The lowest BCUT2D eigenvalue weighted by Crippen LogP contribution is -2.10. The van der Waals surface area contributed by atoms with Crippen molar-refractivity contribution in [2.24, 2.45) is 7.05 Å². The Morgan fingerprint density at radius 2 is 1.70 bits per heavy atom. The summed E-state index contributed by atoms with van der Waals surface area (Å²) in [6.07, 6.45) is -3.43. The van der Waals surface area contributed by atoms with Gasteiger partial charge in [-0.3, -0.25) is 9.67 Å². The molecular weight excluding hydrogens is 331 g/mol. The van der Waals surface area contributed by atoms with Crippen LogP contribution in [0.15, 0.2) is 11.1 Å². The predicted octanol–water partition coefficient (Wildman–Crippen LogP) is 2.83. The van der Waals surface area contributed by atoms with Gasteiger partial charge in [-0.15, -0.1) is 0 Å². The highest BCUT2D eigenvalue weighted by atomic mass is 32.2. The van der Waals surface area contributed by atoms with E-state index in [0.29, 0.717) is 5.56 Å². The number of hydrogen-bond donors (Lipinski definition) is 0. The van der Waals surface area contributed by atoms with Crippen LogP contribution >= 0.6 is 0 Å². The summed E-state index contributed by atoms with van der Waals surface area (Å²) in [5.74, 6) is 0. The molecule has 2 aromatic heterocycles. The molecule has 9 heteroatoms. The van der Waals surface area contributed by atoms with Gasteiger partial charge in [-0.1, -0.05) is 0 Å². The summed E-state index contributed by atoms with van der Waals surface area (Å²) in [7, 11) is -2.04. The van der Waals surface area contributed by atoms with Crippen LogP contribution in [0.25, 0.3) is 11.4 Å². The molecule has 2 rings (SSSR count). The summed E-state index contributed by atoms with van der Waals surface area (Å²) in [6, 6.07) is 1.01. The second kappa shape index (κ2) is 5.33. The third-order valence-electron chi connectivity index (χ3n) is 3.50. The van der Waals surface area contributed by atoms with Gasteiger partial charge in [0.25, 0.3) is 0 Å². The van der Waals surface area contributed by atoms with Crippen LogP contribution in [0.4, 0.5) is 13.2 Å². The molecule has 0 aliphatic rings. The zero-order chi connectivity index (χ0) is 17.7. The Morgan fingerprint density at radius 1 is 1.13 bits per heavy atom. The molecule has 0 spiro atoms. The van der Waals surface area contributed by atoms with Crippen molar-refractivity contribution in [1.82, 2.24) is 14.8 Å². The van der Waals surface area contributed by atoms with Crippen LogP contribution in [-0.4, -0.2) is 29.4 Å². The molecule has 2 aromatic rings. The molecule has 0 aliphatic heterocycles. The first kappa shape index (κ1) is 17.5. The van der Waals surface area contributed by atoms with Gasteiger partial charge in [0.05, 0.1) is 17.0 Å². The summed E-state index contributed by atoms with van der Waals surface area (Å²) < 4.78 is 63.6. The minimum absolute atomic E-state index is 0.0197. The van der Waals surface area contributed by atoms with Gasteiger partial charge in [-0.2, -0.15) is 18.3 Å². The van der Waals surface area contributed by atoms with E-state index in [9.17, 15) is 21.6 Å². The first-order valence-corrected chi connectivity index (χ1v) is 8.52. The summed E-state index contributed by atoms with van der Waals surface area (Å²) in [4.78, 5) is 4.02. The summed E-state index contributed by atoms with van der Waals surface area (Å²) >= 11 is 0. The van der Waals surface area contributed by atoms with Gasteiger partial charge >= 0.3 is 6.18 Å². The molecule has 0 saturated heterocycles. The van der Waals surface area contributed by atoms with Gasteiger partial charge in [0.1, 0.15) is 5.69 Å². The highest BCUT2D eigenvalue weighted by molar-refractivity contribution is 7.90. The monoisotopic (exact) mass is 347 g/mol. The lowest BCUT2D eigenvalue weighted by Gasteiger charge is -2.13. The lowest BCUT2D eigenvalue weighted by atomic mass is 10.1. The minimum Gasteiger partial charge on any atom is -0.256 e. The second-order valence-corrected chi connectivity index (χ2v) is 7.39. The van der Waals surface area contributed by atoms with E-state index >= 15 is 0 Å². The Balaban J connectivity index is 2.73. The number of sulfone groups is 1. The average molecular weight is 347 g/mol. The molecule has 0 atom stereocenters. The van der Waals surface area contributed by atoms with E-state index in [0.717, 1.165) is 12.3 Å². The molecule has 23 heavy (non-hydrogen) atoms. The molecule has 0 saturated carbocycles. The van der Waals surface area contributed by atoms with Gasteiger partial charge < -0.3 is 0 Å². The summed E-state index contributed by atoms with van der Waals surface area (Å²) in [5.41, 5.74) is 0.175. The van der Waals surface area contributed by atoms with Crippen LogP contribution in [0.3, 0.4) is 0 Å². The van der Waals surface area contributed by atoms with Gasteiger partial charge in [-0.25, -0.2) is 8.42 Å². The Labute approximate surface area is 132 Å². The van der Waals surface area contributed by atoms with Crippen LogP contribution in [0.2, 0.25) is 0 Å². The van der Waals surface area contributed by atoms with Crippen molar-refractivity contribution in [2.45, 2.75) is 32.0 Å².